The second-order valence-electron chi connectivity index (χ2n) is 4.30. The van der Waals surface area contributed by atoms with E-state index in [-0.39, 0.29) is 6.10 Å². The van der Waals surface area contributed by atoms with Crippen molar-refractivity contribution in [2.45, 2.75) is 58.1 Å². The smallest absolute Gasteiger partial charge is 0.0512 e. The van der Waals surface area contributed by atoms with Crippen LogP contribution in [0.4, 0.5) is 0 Å². The van der Waals surface area contributed by atoms with Crippen LogP contribution < -0.4 is 5.32 Å². The summed E-state index contributed by atoms with van der Waals surface area (Å²) in [7, 11) is 0. The molecule has 0 aromatic carbocycles. The second-order valence-corrected chi connectivity index (χ2v) is 4.30. The minimum atomic E-state index is -0.136. The van der Waals surface area contributed by atoms with E-state index < -0.39 is 0 Å². The lowest BCUT2D eigenvalue weighted by Crippen LogP contribution is -2.31. The standard InChI is InChI=1S/C11H23NO/c1-3-11(10-6-7-10)12-8-4-5-9(2)13/h9-13H,3-8H2,1-2H3. The number of hydrogen-bond donors (Lipinski definition) is 2. The molecule has 13 heavy (non-hydrogen) atoms. The van der Waals surface area contributed by atoms with Gasteiger partial charge in [-0.2, -0.15) is 0 Å². The molecule has 1 aliphatic rings. The number of rotatable bonds is 7. The van der Waals surface area contributed by atoms with E-state index >= 15 is 0 Å². The first-order valence-corrected chi connectivity index (χ1v) is 5.65. The van der Waals surface area contributed by atoms with Crippen LogP contribution in [0.25, 0.3) is 0 Å². The SMILES string of the molecule is CCC(NCCCC(C)O)C1CC1. The van der Waals surface area contributed by atoms with Gasteiger partial charge in [0.1, 0.15) is 0 Å². The Balaban J connectivity index is 1.96. The van der Waals surface area contributed by atoms with E-state index in [1.165, 1.54) is 19.3 Å². The molecule has 2 nitrogen and oxygen atoms in total. The van der Waals surface area contributed by atoms with Crippen LogP contribution in [0.2, 0.25) is 0 Å². The number of nitrogens with one attached hydrogen (secondary N) is 1. The first kappa shape index (κ1) is 11.0. The fourth-order valence-corrected chi connectivity index (χ4v) is 1.83. The molecule has 0 spiro atoms. The summed E-state index contributed by atoms with van der Waals surface area (Å²) in [6, 6.07) is 0.744. The van der Waals surface area contributed by atoms with Gasteiger partial charge in [0, 0.05) is 6.04 Å². The Bertz CT molecular complexity index is 132. The number of hydrogen-bond acceptors (Lipinski definition) is 2. The molecule has 78 valence electrons. The van der Waals surface area contributed by atoms with Crippen molar-refractivity contribution in [2.75, 3.05) is 6.54 Å². The van der Waals surface area contributed by atoms with Crippen molar-refractivity contribution < 1.29 is 5.11 Å². The maximum atomic E-state index is 9.07. The molecule has 2 heteroatoms. The van der Waals surface area contributed by atoms with Crippen LogP contribution in [-0.2, 0) is 0 Å². The zero-order valence-corrected chi connectivity index (χ0v) is 8.92. The Morgan fingerprint density at radius 3 is 2.62 bits per heavy atom. The second kappa shape index (κ2) is 5.61. The van der Waals surface area contributed by atoms with Gasteiger partial charge in [0.25, 0.3) is 0 Å². The van der Waals surface area contributed by atoms with Crippen molar-refractivity contribution in [2.24, 2.45) is 5.92 Å². The van der Waals surface area contributed by atoms with Gasteiger partial charge in [-0.05, 0) is 51.5 Å². The number of aliphatic hydroxyl groups is 1. The van der Waals surface area contributed by atoms with Gasteiger partial charge >= 0.3 is 0 Å². The fourth-order valence-electron chi connectivity index (χ4n) is 1.83. The summed E-state index contributed by atoms with van der Waals surface area (Å²) in [6.45, 7) is 5.18. The molecule has 1 fully saturated rings. The summed E-state index contributed by atoms with van der Waals surface area (Å²) in [5.41, 5.74) is 0. The Labute approximate surface area is 81.7 Å². The highest BCUT2D eigenvalue weighted by Gasteiger charge is 2.29. The normalized spacial score (nSPS) is 21.5. The molecular weight excluding hydrogens is 162 g/mol. The zero-order chi connectivity index (χ0) is 9.68. The summed E-state index contributed by atoms with van der Waals surface area (Å²) in [5.74, 6) is 0.955. The van der Waals surface area contributed by atoms with Gasteiger partial charge in [-0.25, -0.2) is 0 Å². The first-order chi connectivity index (χ1) is 6.24. The molecule has 0 amide bonds. The van der Waals surface area contributed by atoms with Crippen molar-refractivity contribution in [1.29, 1.82) is 0 Å². The third-order valence-corrected chi connectivity index (χ3v) is 2.84. The molecule has 0 aromatic heterocycles. The third-order valence-electron chi connectivity index (χ3n) is 2.84. The summed E-state index contributed by atoms with van der Waals surface area (Å²) in [5, 5.41) is 12.6. The summed E-state index contributed by atoms with van der Waals surface area (Å²) < 4.78 is 0. The minimum absolute atomic E-state index is 0.136. The lowest BCUT2D eigenvalue weighted by Gasteiger charge is -2.16. The topological polar surface area (TPSA) is 32.3 Å². The molecule has 1 aliphatic carbocycles. The molecule has 0 heterocycles. The maximum absolute atomic E-state index is 9.07. The first-order valence-electron chi connectivity index (χ1n) is 5.65. The van der Waals surface area contributed by atoms with E-state index in [0.29, 0.717) is 0 Å². The van der Waals surface area contributed by atoms with Gasteiger partial charge in [-0.3, -0.25) is 0 Å². The molecule has 1 rings (SSSR count). The molecular formula is C11H23NO. The van der Waals surface area contributed by atoms with Crippen molar-refractivity contribution in [1.82, 2.24) is 5.32 Å². The monoisotopic (exact) mass is 185 g/mol. The van der Waals surface area contributed by atoms with Crippen molar-refractivity contribution in [3.8, 4) is 0 Å². The average Bonchev–Trinajstić information content (AvgIpc) is 2.87. The van der Waals surface area contributed by atoms with E-state index in [0.717, 1.165) is 31.3 Å². The van der Waals surface area contributed by atoms with Crippen molar-refractivity contribution in [3.05, 3.63) is 0 Å². The Hall–Kier alpha value is -0.0800. The van der Waals surface area contributed by atoms with E-state index in [9.17, 15) is 0 Å². The predicted octanol–water partition coefficient (Wildman–Crippen LogP) is 1.93. The molecule has 0 radical (unpaired) electrons. The Morgan fingerprint density at radius 2 is 2.15 bits per heavy atom. The molecule has 1 saturated carbocycles. The van der Waals surface area contributed by atoms with Crippen molar-refractivity contribution >= 4 is 0 Å². The largest absolute Gasteiger partial charge is 0.393 e. The molecule has 0 aromatic rings. The molecule has 0 saturated heterocycles. The van der Waals surface area contributed by atoms with Crippen LogP contribution in [-0.4, -0.2) is 23.8 Å². The van der Waals surface area contributed by atoms with Gasteiger partial charge in [0.2, 0.25) is 0 Å². The summed E-state index contributed by atoms with van der Waals surface area (Å²) in [4.78, 5) is 0. The minimum Gasteiger partial charge on any atom is -0.393 e. The summed E-state index contributed by atoms with van der Waals surface area (Å²) in [6.07, 6.45) is 5.97. The van der Waals surface area contributed by atoms with Crippen LogP contribution in [0.15, 0.2) is 0 Å². The zero-order valence-electron chi connectivity index (χ0n) is 8.92. The third kappa shape index (κ3) is 4.63. The average molecular weight is 185 g/mol. The van der Waals surface area contributed by atoms with Crippen LogP contribution in [0, 0.1) is 5.92 Å². The highest BCUT2D eigenvalue weighted by atomic mass is 16.3. The lowest BCUT2D eigenvalue weighted by molar-refractivity contribution is 0.180. The lowest BCUT2D eigenvalue weighted by atomic mass is 10.1. The van der Waals surface area contributed by atoms with E-state index in [2.05, 4.69) is 12.2 Å². The van der Waals surface area contributed by atoms with Gasteiger partial charge in [-0.1, -0.05) is 6.92 Å². The molecule has 2 unspecified atom stereocenters. The quantitative estimate of drug-likeness (QED) is 0.594. The van der Waals surface area contributed by atoms with E-state index in [1.54, 1.807) is 0 Å². The number of aliphatic hydroxyl groups excluding tert-OH is 1. The molecule has 2 N–H and O–H groups in total. The van der Waals surface area contributed by atoms with Crippen LogP contribution in [0.3, 0.4) is 0 Å². The Morgan fingerprint density at radius 1 is 1.46 bits per heavy atom. The van der Waals surface area contributed by atoms with E-state index in [1.807, 2.05) is 6.92 Å². The van der Waals surface area contributed by atoms with Gasteiger partial charge in [0.15, 0.2) is 0 Å². The molecule has 0 aliphatic heterocycles. The van der Waals surface area contributed by atoms with E-state index in [4.69, 9.17) is 5.11 Å². The van der Waals surface area contributed by atoms with Crippen LogP contribution >= 0.6 is 0 Å². The highest BCUT2D eigenvalue weighted by Crippen LogP contribution is 2.33. The molecule has 2 atom stereocenters. The van der Waals surface area contributed by atoms with Crippen LogP contribution in [0.5, 0.6) is 0 Å². The maximum Gasteiger partial charge on any atom is 0.0512 e. The highest BCUT2D eigenvalue weighted by molar-refractivity contribution is 4.85. The van der Waals surface area contributed by atoms with Crippen molar-refractivity contribution in [3.63, 3.8) is 0 Å². The fraction of sp³-hybridized carbons (Fsp3) is 1.00. The Kier molecular flexibility index (Phi) is 4.74. The predicted molar refractivity (Wildman–Crippen MR) is 55.7 cm³/mol. The van der Waals surface area contributed by atoms with Gasteiger partial charge in [-0.15, -0.1) is 0 Å². The summed E-state index contributed by atoms with van der Waals surface area (Å²) >= 11 is 0. The molecule has 0 bridgehead atoms. The van der Waals surface area contributed by atoms with Crippen LogP contribution in [0.1, 0.15) is 46.0 Å². The van der Waals surface area contributed by atoms with Gasteiger partial charge in [0.05, 0.1) is 6.10 Å². The van der Waals surface area contributed by atoms with Gasteiger partial charge < -0.3 is 10.4 Å².